The van der Waals surface area contributed by atoms with Gasteiger partial charge in [0.25, 0.3) is 5.91 Å². The quantitative estimate of drug-likeness (QED) is 0.829. The third-order valence-electron chi connectivity index (χ3n) is 4.45. The Balaban J connectivity index is 1.80. The molecule has 2 aliphatic rings. The number of carbonyl (C=O) groups excluding carboxylic acids is 1. The summed E-state index contributed by atoms with van der Waals surface area (Å²) in [6.07, 6.45) is 8.68. The third-order valence-corrected chi connectivity index (χ3v) is 5.94. The van der Waals surface area contributed by atoms with Crippen molar-refractivity contribution < 1.29 is 13.2 Å². The maximum atomic E-state index is 12.6. The lowest BCUT2D eigenvalue weighted by Gasteiger charge is -2.15. The molecule has 1 amide bonds. The minimum absolute atomic E-state index is 0.0148. The first-order chi connectivity index (χ1) is 10.6. The highest BCUT2D eigenvalue weighted by atomic mass is 32.2. The van der Waals surface area contributed by atoms with Crippen LogP contribution in [-0.2, 0) is 16.6 Å². The van der Waals surface area contributed by atoms with Crippen LogP contribution in [0, 0.1) is 0 Å². The number of nitrogens with one attached hydrogen (secondary N) is 2. The van der Waals surface area contributed by atoms with Crippen LogP contribution in [0.3, 0.4) is 0 Å². The lowest BCUT2D eigenvalue weighted by Crippen LogP contribution is -2.34. The summed E-state index contributed by atoms with van der Waals surface area (Å²) >= 11 is 0. The van der Waals surface area contributed by atoms with E-state index in [4.69, 9.17) is 0 Å². The summed E-state index contributed by atoms with van der Waals surface area (Å²) in [7, 11) is -3.56. The van der Waals surface area contributed by atoms with E-state index < -0.39 is 10.0 Å². The van der Waals surface area contributed by atoms with Crippen LogP contribution in [0.4, 0.5) is 0 Å². The van der Waals surface area contributed by atoms with Gasteiger partial charge < -0.3 is 9.88 Å². The second-order valence-electron chi connectivity index (χ2n) is 6.17. The fourth-order valence-electron chi connectivity index (χ4n) is 3.23. The number of aromatic nitrogens is 1. The zero-order valence-corrected chi connectivity index (χ0v) is 13.5. The van der Waals surface area contributed by atoms with Gasteiger partial charge >= 0.3 is 0 Å². The molecule has 0 atom stereocenters. The number of amides is 1. The van der Waals surface area contributed by atoms with Crippen molar-refractivity contribution in [3.63, 3.8) is 0 Å². The predicted octanol–water partition coefficient (Wildman–Crippen LogP) is 1.62. The number of rotatable bonds is 3. The second-order valence-corrected chi connectivity index (χ2v) is 7.89. The van der Waals surface area contributed by atoms with Crippen LogP contribution in [0.1, 0.15) is 55.4 Å². The molecule has 3 rings (SSSR count). The Morgan fingerprint density at radius 3 is 2.59 bits per heavy atom. The molecule has 1 aliphatic carbocycles. The predicted molar refractivity (Wildman–Crippen MR) is 83.2 cm³/mol. The van der Waals surface area contributed by atoms with E-state index in [1.807, 2.05) is 0 Å². The smallest absolute Gasteiger partial charge is 0.267 e. The molecule has 2 heterocycles. The topological polar surface area (TPSA) is 80.2 Å². The minimum Gasteiger partial charge on any atom is -0.351 e. The molecule has 122 valence electrons. The van der Waals surface area contributed by atoms with Crippen LogP contribution in [0.25, 0.3) is 0 Å². The summed E-state index contributed by atoms with van der Waals surface area (Å²) in [5.74, 6) is -0.201. The Morgan fingerprint density at radius 1 is 1.14 bits per heavy atom. The Morgan fingerprint density at radius 2 is 1.86 bits per heavy atom. The molecule has 1 fully saturated rings. The van der Waals surface area contributed by atoms with E-state index in [9.17, 15) is 13.2 Å². The van der Waals surface area contributed by atoms with Crippen molar-refractivity contribution in [3.8, 4) is 0 Å². The van der Waals surface area contributed by atoms with Crippen molar-refractivity contribution >= 4 is 15.9 Å². The highest BCUT2D eigenvalue weighted by Crippen LogP contribution is 2.21. The maximum absolute atomic E-state index is 12.6. The summed E-state index contributed by atoms with van der Waals surface area (Å²) in [5.41, 5.74) is 0.429. The monoisotopic (exact) mass is 325 g/mol. The molecule has 0 bridgehead atoms. The molecule has 0 aromatic carbocycles. The number of hydrogen-bond donors (Lipinski definition) is 2. The first kappa shape index (κ1) is 15.6. The van der Waals surface area contributed by atoms with E-state index in [1.54, 1.807) is 10.8 Å². The number of carbonyl (C=O) groups is 1. The van der Waals surface area contributed by atoms with Crippen molar-refractivity contribution in [1.82, 2.24) is 14.6 Å². The number of sulfonamides is 1. The van der Waals surface area contributed by atoms with E-state index in [2.05, 4.69) is 10.0 Å². The summed E-state index contributed by atoms with van der Waals surface area (Å²) < 4.78 is 29.7. The number of hydrogen-bond acceptors (Lipinski definition) is 3. The van der Waals surface area contributed by atoms with E-state index in [0.29, 0.717) is 18.8 Å². The van der Waals surface area contributed by atoms with Gasteiger partial charge in [-0.3, -0.25) is 4.79 Å². The molecule has 1 aromatic rings. The summed E-state index contributed by atoms with van der Waals surface area (Å²) in [5, 5.41) is 2.78. The second kappa shape index (κ2) is 6.42. The number of nitrogens with zero attached hydrogens (tertiary/aromatic N) is 1. The molecule has 1 aromatic heterocycles. The number of fused-ring (bicyclic) bond motifs is 1. The zero-order chi connectivity index (χ0) is 15.6. The van der Waals surface area contributed by atoms with Gasteiger partial charge in [0.2, 0.25) is 10.0 Å². The van der Waals surface area contributed by atoms with Gasteiger partial charge in [-0.2, -0.15) is 0 Å². The molecule has 0 spiro atoms. The molecule has 7 heteroatoms. The summed E-state index contributed by atoms with van der Waals surface area (Å²) in [6, 6.07) is 1.50. The molecule has 1 aliphatic heterocycles. The normalized spacial score (nSPS) is 20.8. The minimum atomic E-state index is -3.56. The highest BCUT2D eigenvalue weighted by molar-refractivity contribution is 7.89. The SMILES string of the molecule is O=C1NCCCn2cc(S(=O)(=O)NC3CCCCCC3)cc21. The van der Waals surface area contributed by atoms with Crippen molar-refractivity contribution in [3.05, 3.63) is 18.0 Å². The van der Waals surface area contributed by atoms with Gasteiger partial charge in [-0.05, 0) is 25.3 Å². The first-order valence-electron chi connectivity index (χ1n) is 8.07. The number of aryl methyl sites for hydroxylation is 1. The van der Waals surface area contributed by atoms with Gasteiger partial charge in [0.15, 0.2) is 0 Å². The zero-order valence-electron chi connectivity index (χ0n) is 12.7. The van der Waals surface area contributed by atoms with E-state index in [1.165, 1.54) is 18.9 Å². The Bertz CT molecular complexity index is 643. The van der Waals surface area contributed by atoms with Gasteiger partial charge in [-0.1, -0.05) is 25.7 Å². The van der Waals surface area contributed by atoms with Crippen molar-refractivity contribution in [2.75, 3.05) is 6.54 Å². The largest absolute Gasteiger partial charge is 0.351 e. The maximum Gasteiger partial charge on any atom is 0.267 e. The van der Waals surface area contributed by atoms with Crippen molar-refractivity contribution in [2.45, 2.75) is 62.4 Å². The van der Waals surface area contributed by atoms with Gasteiger partial charge in [-0.15, -0.1) is 0 Å². The first-order valence-corrected chi connectivity index (χ1v) is 9.55. The molecule has 1 saturated carbocycles. The molecule has 6 nitrogen and oxygen atoms in total. The Labute approximate surface area is 131 Å². The fourth-order valence-corrected chi connectivity index (χ4v) is 4.58. The summed E-state index contributed by atoms with van der Waals surface area (Å²) in [4.78, 5) is 12.1. The van der Waals surface area contributed by atoms with Crippen LogP contribution >= 0.6 is 0 Å². The molecular formula is C15H23N3O3S. The average Bonchev–Trinajstić information content (AvgIpc) is 2.64. The van der Waals surface area contributed by atoms with Crippen molar-refractivity contribution in [2.24, 2.45) is 0 Å². The van der Waals surface area contributed by atoms with Gasteiger partial charge in [0, 0.05) is 25.3 Å². The lowest BCUT2D eigenvalue weighted by atomic mass is 10.1. The highest BCUT2D eigenvalue weighted by Gasteiger charge is 2.25. The van der Waals surface area contributed by atoms with E-state index in [0.717, 1.165) is 32.1 Å². The standard InChI is InChI=1S/C15H23N3O3S/c19-15-14-10-13(11-18(14)9-5-8-16-15)22(20,21)17-12-6-3-1-2-4-7-12/h10-12,17H,1-9H2,(H,16,19). The molecule has 0 unspecified atom stereocenters. The van der Waals surface area contributed by atoms with Gasteiger partial charge in [-0.25, -0.2) is 13.1 Å². The van der Waals surface area contributed by atoms with Crippen LogP contribution < -0.4 is 10.0 Å². The Hall–Kier alpha value is -1.34. The summed E-state index contributed by atoms with van der Waals surface area (Å²) in [6.45, 7) is 1.29. The van der Waals surface area contributed by atoms with Crippen LogP contribution in [-0.4, -0.2) is 31.5 Å². The average molecular weight is 325 g/mol. The van der Waals surface area contributed by atoms with Gasteiger partial charge in [0.1, 0.15) is 10.6 Å². The Kier molecular flexibility index (Phi) is 4.54. The van der Waals surface area contributed by atoms with Crippen molar-refractivity contribution in [1.29, 1.82) is 0 Å². The van der Waals surface area contributed by atoms with Crippen LogP contribution in [0.2, 0.25) is 0 Å². The molecule has 0 radical (unpaired) electrons. The van der Waals surface area contributed by atoms with E-state index >= 15 is 0 Å². The van der Waals surface area contributed by atoms with Gasteiger partial charge in [0.05, 0.1) is 0 Å². The van der Waals surface area contributed by atoms with E-state index in [-0.39, 0.29) is 16.8 Å². The van der Waals surface area contributed by atoms with Crippen LogP contribution in [0.15, 0.2) is 17.2 Å². The molecule has 0 saturated heterocycles. The third kappa shape index (κ3) is 3.35. The lowest BCUT2D eigenvalue weighted by molar-refractivity contribution is 0.0951. The fraction of sp³-hybridized carbons (Fsp3) is 0.667. The molecule has 2 N–H and O–H groups in total. The van der Waals surface area contributed by atoms with Crippen LogP contribution in [0.5, 0.6) is 0 Å². The molecule has 22 heavy (non-hydrogen) atoms. The molecular weight excluding hydrogens is 302 g/mol.